The Morgan fingerprint density at radius 1 is 1.21 bits per heavy atom. The zero-order chi connectivity index (χ0) is 22.2. The van der Waals surface area contributed by atoms with Gasteiger partial charge < -0.3 is 16.4 Å². The molecule has 1 aliphatic rings. The average molecular weight is 522 g/mol. The maximum atomic E-state index is 12.9. The van der Waals surface area contributed by atoms with E-state index >= 15 is 0 Å². The summed E-state index contributed by atoms with van der Waals surface area (Å²) in [5.74, 6) is -2.09. The molecule has 5 amide bonds. The van der Waals surface area contributed by atoms with E-state index < -0.39 is 17.7 Å². The van der Waals surface area contributed by atoms with Gasteiger partial charge in [-0.15, -0.1) is 0 Å². The first kappa shape index (κ1) is 25.3. The number of carbonyl (C=O) groups excluding carboxylic acids is 5. The lowest BCUT2D eigenvalue weighted by Gasteiger charge is -2.33. The van der Waals surface area contributed by atoms with Crippen molar-refractivity contribution >= 4 is 52.1 Å². The fourth-order valence-electron chi connectivity index (χ4n) is 3.31. The SMILES string of the molecule is CCC(C)CC(I)(CC)C1CC(=O)N(CCC(=O)NCC(=O)NCC(N)=O)C1=O. The van der Waals surface area contributed by atoms with Gasteiger partial charge >= 0.3 is 0 Å². The van der Waals surface area contributed by atoms with Crippen LogP contribution in [0.2, 0.25) is 0 Å². The molecular formula is C19H31IN4O5. The van der Waals surface area contributed by atoms with Gasteiger partial charge in [-0.3, -0.25) is 28.9 Å². The lowest BCUT2D eigenvalue weighted by atomic mass is 9.81. The minimum atomic E-state index is -0.683. The van der Waals surface area contributed by atoms with Crippen molar-refractivity contribution in [3.8, 4) is 0 Å². The van der Waals surface area contributed by atoms with Crippen molar-refractivity contribution in [3.63, 3.8) is 0 Å². The van der Waals surface area contributed by atoms with Crippen LogP contribution < -0.4 is 16.4 Å². The molecule has 1 fully saturated rings. The third-order valence-electron chi connectivity index (χ3n) is 5.31. The van der Waals surface area contributed by atoms with Crippen molar-refractivity contribution in [2.75, 3.05) is 19.6 Å². The summed E-state index contributed by atoms with van der Waals surface area (Å²) in [6, 6.07) is 0. The van der Waals surface area contributed by atoms with E-state index in [2.05, 4.69) is 47.1 Å². The highest BCUT2D eigenvalue weighted by molar-refractivity contribution is 14.1. The Morgan fingerprint density at radius 3 is 2.38 bits per heavy atom. The lowest BCUT2D eigenvalue weighted by Crippen LogP contribution is -2.42. The highest BCUT2D eigenvalue weighted by Gasteiger charge is 2.49. The molecule has 10 heteroatoms. The standard InChI is InChI=1S/C19H31IN4O5/c1-4-12(3)9-19(20,5-2)13-8-17(28)24(18(13)29)7-6-15(26)23-11-16(27)22-10-14(21)25/h12-13H,4-11H2,1-3H3,(H2,21,25)(H,22,27)(H,23,26). The monoisotopic (exact) mass is 522 g/mol. The largest absolute Gasteiger partial charge is 0.368 e. The van der Waals surface area contributed by atoms with E-state index in [1.165, 1.54) is 0 Å². The van der Waals surface area contributed by atoms with Crippen molar-refractivity contribution in [3.05, 3.63) is 0 Å². The first-order chi connectivity index (χ1) is 13.5. The molecule has 1 rings (SSSR count). The van der Waals surface area contributed by atoms with Gasteiger partial charge in [-0.05, 0) is 18.8 Å². The summed E-state index contributed by atoms with van der Waals surface area (Å²) in [6.45, 7) is 5.66. The van der Waals surface area contributed by atoms with Gasteiger partial charge in [0.25, 0.3) is 0 Å². The number of imide groups is 1. The second kappa shape index (κ2) is 11.5. The van der Waals surface area contributed by atoms with Crippen molar-refractivity contribution in [2.24, 2.45) is 17.6 Å². The summed E-state index contributed by atoms with van der Waals surface area (Å²) in [5.41, 5.74) is 4.92. The topological polar surface area (TPSA) is 139 Å². The zero-order valence-electron chi connectivity index (χ0n) is 17.3. The average Bonchev–Trinajstić information content (AvgIpc) is 2.97. The first-order valence-corrected chi connectivity index (χ1v) is 11.0. The maximum Gasteiger partial charge on any atom is 0.239 e. The van der Waals surface area contributed by atoms with Crippen LogP contribution in [0.15, 0.2) is 0 Å². The molecule has 0 spiro atoms. The predicted molar refractivity (Wildman–Crippen MR) is 116 cm³/mol. The zero-order valence-corrected chi connectivity index (χ0v) is 19.4. The molecule has 3 unspecified atom stereocenters. The summed E-state index contributed by atoms with van der Waals surface area (Å²) in [7, 11) is 0. The third kappa shape index (κ3) is 7.56. The molecule has 1 heterocycles. The second-order valence-electron chi connectivity index (χ2n) is 7.52. The number of alkyl halides is 1. The lowest BCUT2D eigenvalue weighted by molar-refractivity contribution is -0.140. The fraction of sp³-hybridized carbons (Fsp3) is 0.737. The van der Waals surface area contributed by atoms with Crippen LogP contribution >= 0.6 is 22.6 Å². The van der Waals surface area contributed by atoms with Gasteiger partial charge in [-0.1, -0.05) is 49.8 Å². The molecule has 0 radical (unpaired) electrons. The predicted octanol–water partition coefficient (Wildman–Crippen LogP) is 0.489. The van der Waals surface area contributed by atoms with Crippen LogP contribution in [0, 0.1) is 11.8 Å². The van der Waals surface area contributed by atoms with Crippen molar-refractivity contribution in [1.82, 2.24) is 15.5 Å². The highest BCUT2D eigenvalue weighted by Crippen LogP contribution is 2.44. The normalized spacial score (nSPS) is 19.6. The summed E-state index contributed by atoms with van der Waals surface area (Å²) in [5, 5.41) is 4.64. The Morgan fingerprint density at radius 2 is 1.83 bits per heavy atom. The summed E-state index contributed by atoms with van der Waals surface area (Å²) in [4.78, 5) is 60.4. The van der Waals surface area contributed by atoms with Crippen LogP contribution in [0.1, 0.15) is 52.9 Å². The number of halogens is 1. The van der Waals surface area contributed by atoms with E-state index in [1.807, 2.05) is 6.92 Å². The van der Waals surface area contributed by atoms with Crippen LogP contribution in [0.4, 0.5) is 0 Å². The molecule has 3 atom stereocenters. The number of hydrogen-bond acceptors (Lipinski definition) is 5. The number of nitrogens with two attached hydrogens (primary N) is 1. The van der Waals surface area contributed by atoms with Crippen LogP contribution in [0.5, 0.6) is 0 Å². The second-order valence-corrected chi connectivity index (χ2v) is 9.66. The molecule has 0 saturated carbocycles. The summed E-state index contributed by atoms with van der Waals surface area (Å²) < 4.78 is -0.282. The van der Waals surface area contributed by atoms with Crippen molar-refractivity contribution in [2.45, 2.75) is 56.3 Å². The molecule has 1 saturated heterocycles. The van der Waals surface area contributed by atoms with E-state index in [0.717, 1.165) is 24.2 Å². The Labute approximate surface area is 185 Å². The minimum absolute atomic E-state index is 0.0112. The van der Waals surface area contributed by atoms with Crippen molar-refractivity contribution in [1.29, 1.82) is 0 Å². The number of nitrogens with one attached hydrogen (secondary N) is 2. The molecule has 0 aliphatic carbocycles. The molecule has 0 aromatic carbocycles. The van der Waals surface area contributed by atoms with E-state index in [4.69, 9.17) is 5.73 Å². The molecule has 0 bridgehead atoms. The molecule has 0 aromatic rings. The molecule has 9 nitrogen and oxygen atoms in total. The Hall–Kier alpha value is -1.72. The third-order valence-corrected chi connectivity index (χ3v) is 7.26. The van der Waals surface area contributed by atoms with Gasteiger partial charge in [0.05, 0.1) is 19.0 Å². The van der Waals surface area contributed by atoms with E-state index in [-0.39, 0.29) is 53.6 Å². The summed E-state index contributed by atoms with van der Waals surface area (Å²) >= 11 is 2.33. The van der Waals surface area contributed by atoms with Gasteiger partial charge in [0.1, 0.15) is 0 Å². The van der Waals surface area contributed by atoms with Gasteiger partial charge in [0, 0.05) is 22.8 Å². The van der Waals surface area contributed by atoms with Gasteiger partial charge in [0.2, 0.25) is 29.5 Å². The molecule has 1 aliphatic heterocycles. The molecule has 0 aromatic heterocycles. The quantitative estimate of drug-likeness (QED) is 0.195. The minimum Gasteiger partial charge on any atom is -0.368 e. The van der Waals surface area contributed by atoms with Gasteiger partial charge in [0.15, 0.2) is 0 Å². The highest BCUT2D eigenvalue weighted by atomic mass is 127. The number of primary amides is 1. The van der Waals surface area contributed by atoms with Crippen LogP contribution in [0.25, 0.3) is 0 Å². The number of nitrogens with zero attached hydrogens (tertiary/aromatic N) is 1. The van der Waals surface area contributed by atoms with Gasteiger partial charge in [-0.2, -0.15) is 0 Å². The van der Waals surface area contributed by atoms with Crippen molar-refractivity contribution < 1.29 is 24.0 Å². The van der Waals surface area contributed by atoms with E-state index in [0.29, 0.717) is 5.92 Å². The Bertz CT molecular complexity index is 657. The number of carbonyl (C=O) groups is 5. The number of amides is 5. The fourth-order valence-corrected chi connectivity index (χ4v) is 4.55. The van der Waals surface area contributed by atoms with Crippen LogP contribution in [0.3, 0.4) is 0 Å². The molecule has 29 heavy (non-hydrogen) atoms. The number of likely N-dealkylation sites (tertiary alicyclic amines) is 1. The Balaban J connectivity index is 2.58. The summed E-state index contributed by atoms with van der Waals surface area (Å²) in [6.07, 6.45) is 2.74. The first-order valence-electron chi connectivity index (χ1n) is 9.88. The smallest absolute Gasteiger partial charge is 0.239 e. The maximum absolute atomic E-state index is 12.9. The van der Waals surface area contributed by atoms with E-state index in [9.17, 15) is 24.0 Å². The van der Waals surface area contributed by atoms with Crippen LogP contribution in [-0.2, 0) is 24.0 Å². The molecular weight excluding hydrogens is 491 g/mol. The molecule has 164 valence electrons. The number of rotatable bonds is 12. The van der Waals surface area contributed by atoms with E-state index in [1.54, 1.807) is 0 Å². The molecule has 4 N–H and O–H groups in total. The van der Waals surface area contributed by atoms with Gasteiger partial charge in [-0.25, -0.2) is 0 Å². The number of hydrogen-bond donors (Lipinski definition) is 3. The Kier molecular flexibility index (Phi) is 10.0. The van der Waals surface area contributed by atoms with Crippen LogP contribution in [-0.4, -0.2) is 57.5 Å².